The molecule has 1 N–H and O–H groups in total. The van der Waals surface area contributed by atoms with Crippen molar-refractivity contribution in [2.45, 2.75) is 50.4 Å². The number of esters is 1. The van der Waals surface area contributed by atoms with E-state index in [1.165, 1.54) is 0 Å². The number of carbonyl (C=O) groups is 1. The third-order valence-corrected chi connectivity index (χ3v) is 3.19. The summed E-state index contributed by atoms with van der Waals surface area (Å²) < 4.78 is 35.7. The Bertz CT molecular complexity index is 292. The molecule has 1 aliphatic heterocycles. The third-order valence-electron chi connectivity index (χ3n) is 3.19. The van der Waals surface area contributed by atoms with Gasteiger partial charge in [0.25, 0.3) is 0 Å². The number of nitrogens with one attached hydrogen (secondary N) is 1. The maximum Gasteiger partial charge on any atom is 0.377 e. The van der Waals surface area contributed by atoms with Crippen LogP contribution < -0.4 is 5.32 Å². The third kappa shape index (κ3) is 2.93. The predicted molar refractivity (Wildman–Crippen MR) is 55.9 cm³/mol. The highest BCUT2D eigenvalue weighted by molar-refractivity contribution is 5.79. The Morgan fingerprint density at radius 3 is 2.76 bits per heavy atom. The minimum Gasteiger partial charge on any atom is -0.456 e. The number of hydrogen-bond donors (Lipinski definition) is 1. The molecule has 0 radical (unpaired) electrons. The zero-order chi connectivity index (χ0) is 12.5. The highest BCUT2D eigenvalue weighted by Crippen LogP contribution is 2.31. The Balaban J connectivity index is 1.63. The molecular weight excluding hydrogens is 232 g/mol. The number of carbonyl (C=O) groups excluding carboxylic acids is 1. The molecule has 0 amide bonds. The fourth-order valence-electron chi connectivity index (χ4n) is 2.16. The topological polar surface area (TPSA) is 47.6 Å². The van der Waals surface area contributed by atoms with Crippen LogP contribution in [0.25, 0.3) is 0 Å². The van der Waals surface area contributed by atoms with E-state index in [1.54, 1.807) is 0 Å². The van der Waals surface area contributed by atoms with Gasteiger partial charge in [-0.2, -0.15) is 8.78 Å². The monoisotopic (exact) mass is 249 g/mol. The molecule has 1 heterocycles. The highest BCUT2D eigenvalue weighted by Gasteiger charge is 2.50. The second-order valence-electron chi connectivity index (χ2n) is 4.59. The molecule has 2 aliphatic rings. The maximum absolute atomic E-state index is 12.8. The number of ether oxygens (including phenoxy) is 2. The van der Waals surface area contributed by atoms with Crippen LogP contribution in [0.3, 0.4) is 0 Å². The average molecular weight is 249 g/mol. The van der Waals surface area contributed by atoms with Gasteiger partial charge in [-0.05, 0) is 19.8 Å². The average Bonchev–Trinajstić information content (AvgIpc) is 2.44. The fourth-order valence-corrected chi connectivity index (χ4v) is 2.16. The molecule has 1 saturated heterocycles. The summed E-state index contributed by atoms with van der Waals surface area (Å²) in [4.78, 5) is 10.8. The van der Waals surface area contributed by atoms with Crippen molar-refractivity contribution in [2.75, 3.05) is 13.2 Å². The van der Waals surface area contributed by atoms with Crippen LogP contribution in [0, 0.1) is 0 Å². The number of rotatable bonds is 5. The number of hydrogen-bond acceptors (Lipinski definition) is 4. The first-order valence-corrected chi connectivity index (χ1v) is 5.95. The smallest absolute Gasteiger partial charge is 0.377 e. The van der Waals surface area contributed by atoms with Crippen molar-refractivity contribution in [1.29, 1.82) is 0 Å². The Morgan fingerprint density at radius 2 is 2.24 bits per heavy atom. The number of halogens is 2. The van der Waals surface area contributed by atoms with Gasteiger partial charge in [-0.25, -0.2) is 4.79 Å². The first kappa shape index (κ1) is 12.7. The molecule has 2 fully saturated rings. The Morgan fingerprint density at radius 1 is 1.53 bits per heavy atom. The van der Waals surface area contributed by atoms with Crippen LogP contribution >= 0.6 is 0 Å². The van der Waals surface area contributed by atoms with Crippen LogP contribution in [0.1, 0.15) is 26.2 Å². The summed E-state index contributed by atoms with van der Waals surface area (Å²) >= 11 is 0. The molecule has 0 spiro atoms. The fraction of sp³-hybridized carbons (Fsp3) is 0.909. The highest BCUT2D eigenvalue weighted by atomic mass is 19.3. The van der Waals surface area contributed by atoms with E-state index in [2.05, 4.69) is 10.1 Å². The predicted octanol–water partition coefficient (Wildman–Crippen LogP) is 1.09. The minimum absolute atomic E-state index is 0.282. The van der Waals surface area contributed by atoms with Crippen molar-refractivity contribution in [2.24, 2.45) is 0 Å². The quantitative estimate of drug-likeness (QED) is 0.741. The maximum atomic E-state index is 12.8. The van der Waals surface area contributed by atoms with Crippen molar-refractivity contribution in [3.63, 3.8) is 0 Å². The van der Waals surface area contributed by atoms with Gasteiger partial charge in [0.1, 0.15) is 6.10 Å². The summed E-state index contributed by atoms with van der Waals surface area (Å²) in [6.07, 6.45) is 0.852. The summed E-state index contributed by atoms with van der Waals surface area (Å²) in [5.41, 5.74) is 0. The van der Waals surface area contributed by atoms with Gasteiger partial charge in [0, 0.05) is 19.2 Å². The molecule has 6 heteroatoms. The van der Waals surface area contributed by atoms with Crippen molar-refractivity contribution < 1.29 is 23.0 Å². The van der Waals surface area contributed by atoms with E-state index in [9.17, 15) is 13.6 Å². The Hall–Kier alpha value is -0.750. The van der Waals surface area contributed by atoms with Gasteiger partial charge in [0.15, 0.2) is 0 Å². The van der Waals surface area contributed by atoms with E-state index in [-0.39, 0.29) is 6.10 Å². The van der Waals surface area contributed by atoms with Gasteiger partial charge in [-0.1, -0.05) is 0 Å². The van der Waals surface area contributed by atoms with Crippen molar-refractivity contribution in [3.05, 3.63) is 0 Å². The molecule has 1 aliphatic carbocycles. The molecule has 0 aromatic heterocycles. The molecule has 2 rings (SSSR count). The molecular formula is C11H17F2NO3. The lowest BCUT2D eigenvalue weighted by Gasteiger charge is -2.36. The van der Waals surface area contributed by atoms with Gasteiger partial charge in [0.2, 0.25) is 0 Å². The summed E-state index contributed by atoms with van der Waals surface area (Å²) in [6.45, 7) is 2.94. The SMILES string of the molecule is CCOC1CC(NCC2CC(F)(F)C(=O)O2)C1. The molecule has 1 saturated carbocycles. The van der Waals surface area contributed by atoms with Crippen LogP contribution in [-0.4, -0.2) is 43.3 Å². The standard InChI is InChI=1S/C11H17F2NO3/c1-2-16-8-3-7(4-8)14-6-9-5-11(12,13)10(15)17-9/h7-9,14H,2-6H2,1H3. The van der Waals surface area contributed by atoms with E-state index in [0.29, 0.717) is 19.2 Å². The zero-order valence-corrected chi connectivity index (χ0v) is 9.75. The van der Waals surface area contributed by atoms with E-state index in [4.69, 9.17) is 4.74 Å². The van der Waals surface area contributed by atoms with Crippen LogP contribution in [0.4, 0.5) is 8.78 Å². The summed E-state index contributed by atoms with van der Waals surface area (Å²) in [6, 6.07) is 0.291. The molecule has 4 nitrogen and oxygen atoms in total. The normalized spacial score (nSPS) is 35.5. The summed E-state index contributed by atoms with van der Waals surface area (Å²) in [5, 5.41) is 3.12. The van der Waals surface area contributed by atoms with Gasteiger partial charge in [-0.3, -0.25) is 0 Å². The summed E-state index contributed by atoms with van der Waals surface area (Å²) in [5.74, 6) is -4.70. The number of cyclic esters (lactones) is 1. The molecule has 17 heavy (non-hydrogen) atoms. The largest absolute Gasteiger partial charge is 0.456 e. The van der Waals surface area contributed by atoms with E-state index in [1.807, 2.05) is 6.92 Å². The van der Waals surface area contributed by atoms with Crippen LogP contribution in [0.15, 0.2) is 0 Å². The van der Waals surface area contributed by atoms with E-state index < -0.39 is 24.4 Å². The van der Waals surface area contributed by atoms with Gasteiger partial charge in [-0.15, -0.1) is 0 Å². The van der Waals surface area contributed by atoms with Gasteiger partial charge in [0.05, 0.1) is 12.5 Å². The minimum atomic E-state index is -3.31. The van der Waals surface area contributed by atoms with Crippen LogP contribution in [0.5, 0.6) is 0 Å². The molecule has 1 atom stereocenters. The lowest BCUT2D eigenvalue weighted by Crippen LogP contribution is -2.47. The zero-order valence-electron chi connectivity index (χ0n) is 9.75. The second kappa shape index (κ2) is 4.86. The lowest BCUT2D eigenvalue weighted by molar-refractivity contribution is -0.159. The van der Waals surface area contributed by atoms with Gasteiger partial charge >= 0.3 is 11.9 Å². The molecule has 1 unspecified atom stereocenters. The first-order valence-electron chi connectivity index (χ1n) is 5.95. The number of alkyl halides is 2. The summed E-state index contributed by atoms with van der Waals surface area (Å²) in [7, 11) is 0. The van der Waals surface area contributed by atoms with Crippen LogP contribution in [-0.2, 0) is 14.3 Å². The first-order chi connectivity index (χ1) is 8.01. The van der Waals surface area contributed by atoms with Crippen molar-refractivity contribution in [3.8, 4) is 0 Å². The molecule has 0 bridgehead atoms. The van der Waals surface area contributed by atoms with Crippen LogP contribution in [0.2, 0.25) is 0 Å². The second-order valence-corrected chi connectivity index (χ2v) is 4.59. The molecule has 0 aromatic rings. The van der Waals surface area contributed by atoms with E-state index >= 15 is 0 Å². The lowest BCUT2D eigenvalue weighted by atomic mass is 9.89. The molecule has 98 valence electrons. The Labute approximate surface area is 98.6 Å². The Kier molecular flexibility index (Phi) is 3.63. The molecule has 0 aromatic carbocycles. The van der Waals surface area contributed by atoms with Crippen molar-refractivity contribution >= 4 is 5.97 Å². The van der Waals surface area contributed by atoms with Crippen molar-refractivity contribution in [1.82, 2.24) is 5.32 Å². The van der Waals surface area contributed by atoms with Gasteiger partial charge < -0.3 is 14.8 Å². The van der Waals surface area contributed by atoms with E-state index in [0.717, 1.165) is 12.8 Å².